The van der Waals surface area contributed by atoms with Gasteiger partial charge in [0.25, 0.3) is 0 Å². The number of anilines is 1. The maximum atomic E-state index is 12.7. The molecule has 2 atom stereocenters. The second kappa shape index (κ2) is 8.86. The second-order valence-electron chi connectivity index (χ2n) is 7.32. The number of carboxylic acids is 2. The van der Waals surface area contributed by atoms with Crippen LogP contribution in [0.1, 0.15) is 5.56 Å². The number of carboxylic acid groups (broad SMARTS) is 2. The molecule has 2 unspecified atom stereocenters. The summed E-state index contributed by atoms with van der Waals surface area (Å²) in [7, 11) is 1.29. The third-order valence-electron chi connectivity index (χ3n) is 5.35. The lowest BCUT2D eigenvalue weighted by atomic mass is 9.55. The van der Waals surface area contributed by atoms with E-state index in [1.807, 2.05) is 31.2 Å². The molecule has 2 amide bonds. The fourth-order valence-electron chi connectivity index (χ4n) is 3.76. The number of aryl methyl sites for hydroxylation is 1. The van der Waals surface area contributed by atoms with Gasteiger partial charge in [0.05, 0.1) is 23.7 Å². The van der Waals surface area contributed by atoms with Crippen LogP contribution in [0.25, 0.3) is 0 Å². The smallest absolute Gasteiger partial charge is 0.308 e. The highest BCUT2D eigenvalue weighted by Crippen LogP contribution is 2.47. The lowest BCUT2D eigenvalue weighted by molar-refractivity contribution is -0.179. The van der Waals surface area contributed by atoms with Crippen LogP contribution in [0.5, 0.6) is 11.5 Å². The van der Waals surface area contributed by atoms with Crippen molar-refractivity contribution in [2.75, 3.05) is 12.4 Å². The second-order valence-corrected chi connectivity index (χ2v) is 7.32. The first-order chi connectivity index (χ1) is 14.7. The van der Waals surface area contributed by atoms with Crippen molar-refractivity contribution in [3.8, 4) is 11.5 Å². The molecule has 1 saturated carbocycles. The average Bonchev–Trinajstić information content (AvgIpc) is 2.69. The van der Waals surface area contributed by atoms with Crippen LogP contribution in [0.15, 0.2) is 48.5 Å². The minimum absolute atomic E-state index is 0.345. The molecule has 0 saturated heterocycles. The fraction of sp³-hybridized carbons (Fsp3) is 0.273. The van der Waals surface area contributed by atoms with E-state index in [9.17, 15) is 29.4 Å². The van der Waals surface area contributed by atoms with Gasteiger partial charge in [-0.25, -0.2) is 0 Å². The van der Waals surface area contributed by atoms with Crippen molar-refractivity contribution in [1.29, 1.82) is 0 Å². The van der Waals surface area contributed by atoms with Gasteiger partial charge in [-0.15, -0.1) is 0 Å². The van der Waals surface area contributed by atoms with Crippen molar-refractivity contribution < 1.29 is 34.1 Å². The zero-order valence-electron chi connectivity index (χ0n) is 16.9. The number of aliphatic carboxylic acids is 2. The number of carbonyl (C=O) groups excluding carboxylic acids is 2. The van der Waals surface area contributed by atoms with Gasteiger partial charge in [0.1, 0.15) is 11.5 Å². The van der Waals surface area contributed by atoms with E-state index in [0.29, 0.717) is 17.2 Å². The molecule has 162 valence electrons. The highest BCUT2D eigenvalue weighted by atomic mass is 16.5. The van der Waals surface area contributed by atoms with Crippen molar-refractivity contribution in [2.24, 2.45) is 23.7 Å². The molecule has 4 N–H and O–H groups in total. The van der Waals surface area contributed by atoms with E-state index in [0.717, 1.165) is 5.56 Å². The molecule has 2 aromatic rings. The van der Waals surface area contributed by atoms with E-state index in [4.69, 9.17) is 4.74 Å². The number of hydrogen-bond acceptors (Lipinski definition) is 5. The summed E-state index contributed by atoms with van der Waals surface area (Å²) < 4.78 is 5.71. The third kappa shape index (κ3) is 4.50. The summed E-state index contributed by atoms with van der Waals surface area (Å²) in [5.74, 6) is -8.66. The zero-order valence-corrected chi connectivity index (χ0v) is 16.9. The van der Waals surface area contributed by atoms with Crippen molar-refractivity contribution in [1.82, 2.24) is 5.32 Å². The maximum Gasteiger partial charge on any atom is 0.308 e. The Hall–Kier alpha value is -3.88. The lowest BCUT2D eigenvalue weighted by Gasteiger charge is -2.45. The fourth-order valence-corrected chi connectivity index (χ4v) is 3.76. The molecule has 1 aliphatic rings. The number of rotatable bonds is 7. The number of nitrogens with one attached hydrogen (secondary N) is 2. The van der Waals surface area contributed by atoms with Crippen LogP contribution in [0.4, 0.5) is 5.69 Å². The molecule has 0 spiro atoms. The van der Waals surface area contributed by atoms with Crippen molar-refractivity contribution >= 4 is 29.4 Å². The molecule has 31 heavy (non-hydrogen) atoms. The summed E-state index contributed by atoms with van der Waals surface area (Å²) in [4.78, 5) is 47.9. The van der Waals surface area contributed by atoms with E-state index >= 15 is 0 Å². The molecule has 3 rings (SSSR count). The van der Waals surface area contributed by atoms with Crippen molar-refractivity contribution in [3.63, 3.8) is 0 Å². The maximum absolute atomic E-state index is 12.7. The van der Waals surface area contributed by atoms with Crippen LogP contribution in [0.3, 0.4) is 0 Å². The average molecular weight is 426 g/mol. The number of ether oxygens (including phenoxy) is 1. The molecule has 0 heterocycles. The lowest BCUT2D eigenvalue weighted by Crippen LogP contribution is -2.62. The Balaban J connectivity index is 1.72. The van der Waals surface area contributed by atoms with Crippen LogP contribution in [-0.4, -0.2) is 41.0 Å². The Kier molecular flexibility index (Phi) is 6.24. The molecule has 2 aromatic carbocycles. The van der Waals surface area contributed by atoms with E-state index in [-0.39, 0.29) is 0 Å². The quantitative estimate of drug-likeness (QED) is 0.531. The van der Waals surface area contributed by atoms with Crippen molar-refractivity contribution in [3.05, 3.63) is 54.1 Å². The third-order valence-corrected chi connectivity index (χ3v) is 5.35. The standard InChI is InChI=1S/C22H22N2O7/c1-11-3-7-13(8-4-11)31-14-9-5-12(6-10-14)24-20(26)16-17(21(27)28)15(19(25)23-2)18(16)22(29)30/h3-10,15-18H,1-2H3,(H,23,25)(H,24,26)(H,27,28)(H,29,30). The van der Waals surface area contributed by atoms with E-state index < -0.39 is 47.4 Å². The van der Waals surface area contributed by atoms with Gasteiger partial charge in [0, 0.05) is 12.7 Å². The van der Waals surface area contributed by atoms with Gasteiger partial charge in [0.2, 0.25) is 11.8 Å². The van der Waals surface area contributed by atoms with Gasteiger partial charge >= 0.3 is 11.9 Å². The predicted octanol–water partition coefficient (Wildman–Crippen LogP) is 2.12. The SMILES string of the molecule is CNC(=O)C1C(C(=O)O)C(C(=O)Nc2ccc(Oc3ccc(C)cc3)cc2)C1C(=O)O. The summed E-state index contributed by atoms with van der Waals surface area (Å²) in [6, 6.07) is 13.8. The molecule has 9 nitrogen and oxygen atoms in total. The van der Waals surface area contributed by atoms with Crippen LogP contribution >= 0.6 is 0 Å². The molecule has 0 aliphatic heterocycles. The van der Waals surface area contributed by atoms with Gasteiger partial charge in [-0.3, -0.25) is 19.2 Å². The Bertz CT molecular complexity index is 980. The van der Waals surface area contributed by atoms with E-state index in [2.05, 4.69) is 10.6 Å². The summed E-state index contributed by atoms with van der Waals surface area (Å²) in [6.45, 7) is 1.96. The molecule has 1 fully saturated rings. The van der Waals surface area contributed by atoms with Crippen LogP contribution in [-0.2, 0) is 19.2 Å². The first-order valence-electron chi connectivity index (χ1n) is 9.55. The number of benzene rings is 2. The van der Waals surface area contributed by atoms with Gasteiger partial charge in [0.15, 0.2) is 0 Å². The monoisotopic (exact) mass is 426 g/mol. The first kappa shape index (κ1) is 21.8. The highest BCUT2D eigenvalue weighted by Gasteiger charge is 2.63. The largest absolute Gasteiger partial charge is 0.481 e. The summed E-state index contributed by atoms with van der Waals surface area (Å²) in [6.07, 6.45) is 0. The molecular weight excluding hydrogens is 404 g/mol. The Morgan fingerprint density at radius 3 is 1.65 bits per heavy atom. The van der Waals surface area contributed by atoms with Gasteiger partial charge in [-0.1, -0.05) is 17.7 Å². The van der Waals surface area contributed by atoms with E-state index in [1.165, 1.54) is 7.05 Å². The summed E-state index contributed by atoms with van der Waals surface area (Å²) in [5, 5.41) is 23.7. The first-order valence-corrected chi connectivity index (χ1v) is 9.55. The van der Waals surface area contributed by atoms with Gasteiger partial charge < -0.3 is 25.6 Å². The Labute approximate surface area is 178 Å². The van der Waals surface area contributed by atoms with Gasteiger partial charge in [-0.05, 0) is 43.3 Å². The molecule has 0 aromatic heterocycles. The summed E-state index contributed by atoms with van der Waals surface area (Å²) >= 11 is 0. The van der Waals surface area contributed by atoms with Crippen LogP contribution in [0, 0.1) is 30.6 Å². The minimum atomic E-state index is -1.43. The molecule has 9 heteroatoms. The molecule has 0 bridgehead atoms. The Morgan fingerprint density at radius 2 is 1.19 bits per heavy atom. The number of hydrogen-bond donors (Lipinski definition) is 4. The zero-order chi connectivity index (χ0) is 22.7. The highest BCUT2D eigenvalue weighted by molar-refractivity contribution is 6.03. The topological polar surface area (TPSA) is 142 Å². The normalized spacial score (nSPS) is 22.0. The van der Waals surface area contributed by atoms with Gasteiger partial charge in [-0.2, -0.15) is 0 Å². The molecule has 0 radical (unpaired) electrons. The van der Waals surface area contributed by atoms with Crippen LogP contribution in [0.2, 0.25) is 0 Å². The number of amides is 2. The van der Waals surface area contributed by atoms with Crippen LogP contribution < -0.4 is 15.4 Å². The predicted molar refractivity (Wildman–Crippen MR) is 110 cm³/mol. The minimum Gasteiger partial charge on any atom is -0.481 e. The van der Waals surface area contributed by atoms with E-state index in [1.54, 1.807) is 24.3 Å². The van der Waals surface area contributed by atoms with Crippen molar-refractivity contribution in [2.45, 2.75) is 6.92 Å². The number of carbonyl (C=O) groups is 4. The summed E-state index contributed by atoms with van der Waals surface area (Å²) in [5.41, 5.74) is 1.44. The molecule has 1 aliphatic carbocycles. The molecular formula is C22H22N2O7. The Morgan fingerprint density at radius 1 is 0.742 bits per heavy atom.